The van der Waals surface area contributed by atoms with Crippen LogP contribution >= 0.6 is 34.8 Å². The molecule has 2 rings (SSSR count). The Morgan fingerprint density at radius 1 is 1.12 bits per heavy atom. The summed E-state index contributed by atoms with van der Waals surface area (Å²) in [7, 11) is 1.92. The van der Waals surface area contributed by atoms with E-state index in [0.717, 1.165) is 10.6 Å². The maximum absolute atomic E-state index is 12.1. The molecule has 2 aromatic rings. The number of anilines is 1. The number of nitrogens with one attached hydrogen (secondary N) is 2. The number of carbonyl (C=O) groups is 1. The molecule has 1 amide bonds. The molecule has 0 radical (unpaired) electrons. The molecule has 0 aliphatic rings. The molecule has 2 aromatic carbocycles. The fraction of sp³-hybridized carbons (Fsp3) is 0.235. The highest BCUT2D eigenvalue weighted by Crippen LogP contribution is 2.29. The van der Waals surface area contributed by atoms with Gasteiger partial charge in [0, 0.05) is 5.02 Å². The van der Waals surface area contributed by atoms with Gasteiger partial charge in [-0.15, -0.1) is 0 Å². The first kappa shape index (κ1) is 18.9. The van der Waals surface area contributed by atoms with Gasteiger partial charge in [0.1, 0.15) is 18.9 Å². The summed E-state index contributed by atoms with van der Waals surface area (Å²) >= 11 is 17.8. The first-order valence-electron chi connectivity index (χ1n) is 7.39. The van der Waals surface area contributed by atoms with E-state index in [1.807, 2.05) is 19.2 Å². The molecular weight excluding hydrogens is 371 g/mol. The quantitative estimate of drug-likeness (QED) is 0.765. The fourth-order valence-electron chi connectivity index (χ4n) is 2.03. The highest BCUT2D eigenvalue weighted by atomic mass is 35.5. The zero-order valence-corrected chi connectivity index (χ0v) is 15.4. The summed E-state index contributed by atoms with van der Waals surface area (Å²) in [5.74, 6) is 0.616. The van der Waals surface area contributed by atoms with Crippen molar-refractivity contribution in [2.75, 3.05) is 32.1 Å². The summed E-state index contributed by atoms with van der Waals surface area (Å²) in [6.45, 7) is 1.48. The average molecular weight is 389 g/mol. The second-order valence-electron chi connectivity index (χ2n) is 5.34. The molecular formula is C17H18Cl3N2O2+. The molecule has 4 nitrogen and oxygen atoms in total. The van der Waals surface area contributed by atoms with E-state index in [1.165, 1.54) is 0 Å². The van der Waals surface area contributed by atoms with Crippen molar-refractivity contribution in [3.63, 3.8) is 0 Å². The predicted octanol–water partition coefficient (Wildman–Crippen LogP) is 3.18. The third-order valence-electron chi connectivity index (χ3n) is 3.30. The van der Waals surface area contributed by atoms with E-state index in [0.29, 0.717) is 40.5 Å². The predicted molar refractivity (Wildman–Crippen MR) is 98.7 cm³/mol. The van der Waals surface area contributed by atoms with Gasteiger partial charge in [-0.1, -0.05) is 40.9 Å². The number of amides is 1. The van der Waals surface area contributed by atoms with Crippen LogP contribution in [-0.4, -0.2) is 32.7 Å². The number of likely N-dealkylation sites (N-methyl/N-ethyl adjacent to an activating group) is 1. The lowest BCUT2D eigenvalue weighted by Gasteiger charge is -2.15. The van der Waals surface area contributed by atoms with Gasteiger partial charge in [-0.3, -0.25) is 4.79 Å². The van der Waals surface area contributed by atoms with Crippen molar-refractivity contribution in [1.29, 1.82) is 0 Å². The number of quaternary nitrogens is 1. The third kappa shape index (κ3) is 5.87. The number of hydrogen-bond donors (Lipinski definition) is 2. The van der Waals surface area contributed by atoms with Crippen molar-refractivity contribution in [1.82, 2.24) is 0 Å². The van der Waals surface area contributed by atoms with Crippen LogP contribution in [0.15, 0.2) is 42.5 Å². The van der Waals surface area contributed by atoms with Crippen molar-refractivity contribution in [3.05, 3.63) is 57.5 Å². The molecule has 2 N–H and O–H groups in total. The van der Waals surface area contributed by atoms with Gasteiger partial charge >= 0.3 is 0 Å². The monoisotopic (exact) mass is 387 g/mol. The van der Waals surface area contributed by atoms with Gasteiger partial charge in [-0.05, 0) is 36.4 Å². The zero-order valence-electron chi connectivity index (χ0n) is 13.1. The van der Waals surface area contributed by atoms with Crippen LogP contribution in [0.3, 0.4) is 0 Å². The molecule has 0 saturated carbocycles. The number of carbonyl (C=O) groups excluding carboxylic acids is 1. The van der Waals surface area contributed by atoms with Gasteiger partial charge < -0.3 is 15.0 Å². The van der Waals surface area contributed by atoms with Crippen LogP contribution < -0.4 is 15.0 Å². The second kappa shape index (κ2) is 9.14. The van der Waals surface area contributed by atoms with Crippen molar-refractivity contribution in [2.45, 2.75) is 0 Å². The van der Waals surface area contributed by atoms with E-state index in [-0.39, 0.29) is 5.91 Å². The summed E-state index contributed by atoms with van der Waals surface area (Å²) < 4.78 is 5.62. The van der Waals surface area contributed by atoms with Gasteiger partial charge in [0.25, 0.3) is 5.91 Å². The van der Waals surface area contributed by atoms with Crippen LogP contribution in [0.4, 0.5) is 5.69 Å². The molecule has 7 heteroatoms. The lowest BCUT2D eigenvalue weighted by Crippen LogP contribution is -3.10. The van der Waals surface area contributed by atoms with Crippen molar-refractivity contribution < 1.29 is 14.4 Å². The Hall–Kier alpha value is -1.46. The lowest BCUT2D eigenvalue weighted by atomic mass is 10.3. The maximum Gasteiger partial charge on any atom is 0.279 e. The van der Waals surface area contributed by atoms with Gasteiger partial charge in [0.05, 0.1) is 22.8 Å². The normalized spacial score (nSPS) is 11.8. The van der Waals surface area contributed by atoms with E-state index in [9.17, 15) is 4.79 Å². The van der Waals surface area contributed by atoms with Gasteiger partial charge in [-0.2, -0.15) is 0 Å². The molecule has 0 heterocycles. The van der Waals surface area contributed by atoms with Crippen LogP contribution in [0.25, 0.3) is 0 Å². The molecule has 0 fully saturated rings. The summed E-state index contributed by atoms with van der Waals surface area (Å²) in [6, 6.07) is 12.3. The van der Waals surface area contributed by atoms with Crippen LogP contribution in [-0.2, 0) is 4.79 Å². The smallest absolute Gasteiger partial charge is 0.279 e. The Balaban J connectivity index is 1.75. The number of benzene rings is 2. The number of hydrogen-bond acceptors (Lipinski definition) is 2. The zero-order chi connectivity index (χ0) is 17.5. The van der Waals surface area contributed by atoms with Crippen molar-refractivity contribution >= 4 is 46.4 Å². The Bertz CT molecular complexity index is 693. The number of ether oxygens (including phenoxy) is 1. The second-order valence-corrected chi connectivity index (χ2v) is 6.56. The van der Waals surface area contributed by atoms with Crippen LogP contribution in [0.5, 0.6) is 5.75 Å². The number of halogens is 3. The van der Waals surface area contributed by atoms with E-state index >= 15 is 0 Å². The Kier molecular flexibility index (Phi) is 7.18. The first-order chi connectivity index (χ1) is 11.5. The molecule has 1 atom stereocenters. The molecule has 1 unspecified atom stereocenters. The molecule has 0 saturated heterocycles. The largest absolute Gasteiger partial charge is 0.488 e. The summed E-state index contributed by atoms with van der Waals surface area (Å²) in [6.07, 6.45) is 0. The highest BCUT2D eigenvalue weighted by Gasteiger charge is 2.13. The molecule has 0 bridgehead atoms. The molecule has 0 aliphatic heterocycles. The SMILES string of the molecule is C[NH+](CCOc1ccc(Cl)cc1)CC(=O)Nc1cccc(Cl)c1Cl. The van der Waals surface area contributed by atoms with Gasteiger partial charge in [-0.25, -0.2) is 0 Å². The first-order valence-corrected chi connectivity index (χ1v) is 8.52. The van der Waals surface area contributed by atoms with Crippen LogP contribution in [0.2, 0.25) is 15.1 Å². The Morgan fingerprint density at radius 3 is 2.54 bits per heavy atom. The fourth-order valence-corrected chi connectivity index (χ4v) is 2.50. The standard InChI is InChI=1S/C17H17Cl3N2O2/c1-22(9-10-24-13-7-5-12(18)6-8-13)11-16(23)21-15-4-2-3-14(19)17(15)20/h2-8H,9-11H2,1H3,(H,21,23)/p+1. The minimum atomic E-state index is -0.136. The molecule has 0 spiro atoms. The van der Waals surface area contributed by atoms with Gasteiger partial charge in [0.15, 0.2) is 6.54 Å². The average Bonchev–Trinajstić information content (AvgIpc) is 2.53. The molecule has 0 aliphatic carbocycles. The minimum Gasteiger partial charge on any atom is -0.488 e. The van der Waals surface area contributed by atoms with Crippen LogP contribution in [0, 0.1) is 0 Å². The molecule has 0 aromatic heterocycles. The summed E-state index contributed by atoms with van der Waals surface area (Å²) in [4.78, 5) is 13.1. The Morgan fingerprint density at radius 2 is 1.83 bits per heavy atom. The minimum absolute atomic E-state index is 0.136. The van der Waals surface area contributed by atoms with E-state index in [4.69, 9.17) is 39.5 Å². The van der Waals surface area contributed by atoms with Crippen molar-refractivity contribution in [3.8, 4) is 5.75 Å². The number of rotatable bonds is 7. The molecule has 128 valence electrons. The van der Waals surface area contributed by atoms with E-state index in [2.05, 4.69) is 5.32 Å². The topological polar surface area (TPSA) is 42.8 Å². The van der Waals surface area contributed by atoms with Crippen molar-refractivity contribution in [2.24, 2.45) is 0 Å². The lowest BCUT2D eigenvalue weighted by molar-refractivity contribution is -0.871. The maximum atomic E-state index is 12.1. The Labute approximate surface area is 156 Å². The van der Waals surface area contributed by atoms with E-state index in [1.54, 1.807) is 30.3 Å². The summed E-state index contributed by atoms with van der Waals surface area (Å²) in [5, 5.41) is 4.19. The van der Waals surface area contributed by atoms with Gasteiger partial charge in [0.2, 0.25) is 0 Å². The highest BCUT2D eigenvalue weighted by molar-refractivity contribution is 6.44. The van der Waals surface area contributed by atoms with Crippen LogP contribution in [0.1, 0.15) is 0 Å². The third-order valence-corrected chi connectivity index (χ3v) is 4.37. The van der Waals surface area contributed by atoms with E-state index < -0.39 is 0 Å². The molecule has 24 heavy (non-hydrogen) atoms. The summed E-state index contributed by atoms with van der Waals surface area (Å²) in [5.41, 5.74) is 0.513.